The van der Waals surface area contributed by atoms with Crippen LogP contribution >= 0.6 is 0 Å². The second-order valence-electron chi connectivity index (χ2n) is 5.42. The number of rotatable bonds is 6. The highest BCUT2D eigenvalue weighted by molar-refractivity contribution is 5.57. The fourth-order valence-electron chi connectivity index (χ4n) is 2.70. The fourth-order valence-corrected chi connectivity index (χ4v) is 2.70. The van der Waals surface area contributed by atoms with Crippen LogP contribution in [0.25, 0.3) is 0 Å². The van der Waals surface area contributed by atoms with Crippen LogP contribution in [0.2, 0.25) is 0 Å². The van der Waals surface area contributed by atoms with E-state index in [4.69, 9.17) is 9.47 Å². The Hall–Kier alpha value is -2.20. The number of fused-ring (bicyclic) bond motifs is 1. The average Bonchev–Trinajstić information content (AvgIpc) is 3.01. The number of likely N-dealkylation sites (N-methyl/N-ethyl adjacent to an activating group) is 1. The first-order valence-electron chi connectivity index (χ1n) is 7.63. The van der Waals surface area contributed by atoms with Crippen LogP contribution in [0.3, 0.4) is 0 Å². The first kappa shape index (κ1) is 14.7. The Morgan fingerprint density at radius 3 is 2.64 bits per heavy atom. The Morgan fingerprint density at radius 1 is 1.09 bits per heavy atom. The van der Waals surface area contributed by atoms with Crippen LogP contribution in [0.1, 0.15) is 12.5 Å². The summed E-state index contributed by atoms with van der Waals surface area (Å²) in [6.45, 7) is 3.78. The van der Waals surface area contributed by atoms with Crippen LogP contribution in [0.15, 0.2) is 48.5 Å². The smallest absolute Gasteiger partial charge is 0.231 e. The molecule has 0 bridgehead atoms. The number of hydrogen-bond acceptors (Lipinski definition) is 4. The molecule has 0 aromatic heterocycles. The summed E-state index contributed by atoms with van der Waals surface area (Å²) in [4.78, 5) is 2.15. The number of anilines is 1. The van der Waals surface area contributed by atoms with Gasteiger partial charge in [0.05, 0.1) is 6.10 Å². The van der Waals surface area contributed by atoms with Crippen LogP contribution < -0.4 is 14.4 Å². The van der Waals surface area contributed by atoms with E-state index in [1.165, 1.54) is 0 Å². The van der Waals surface area contributed by atoms with Gasteiger partial charge in [-0.15, -0.1) is 0 Å². The van der Waals surface area contributed by atoms with Crippen molar-refractivity contribution in [2.45, 2.75) is 19.4 Å². The molecule has 4 heteroatoms. The van der Waals surface area contributed by atoms with Gasteiger partial charge in [-0.1, -0.05) is 30.3 Å². The molecule has 1 atom stereocenters. The number of aliphatic hydroxyl groups is 1. The zero-order valence-corrected chi connectivity index (χ0v) is 12.7. The second-order valence-corrected chi connectivity index (χ2v) is 5.42. The van der Waals surface area contributed by atoms with E-state index in [2.05, 4.69) is 11.8 Å². The van der Waals surface area contributed by atoms with Crippen LogP contribution in [-0.4, -0.2) is 31.1 Å². The van der Waals surface area contributed by atoms with Gasteiger partial charge in [0.15, 0.2) is 11.5 Å². The highest BCUT2D eigenvalue weighted by Gasteiger charge is 2.17. The van der Waals surface area contributed by atoms with Crippen LogP contribution in [0.5, 0.6) is 11.5 Å². The molecule has 0 spiro atoms. The van der Waals surface area contributed by atoms with Gasteiger partial charge in [0, 0.05) is 31.3 Å². The van der Waals surface area contributed by atoms with Crippen LogP contribution in [-0.2, 0) is 6.42 Å². The summed E-state index contributed by atoms with van der Waals surface area (Å²) in [5, 5.41) is 10.4. The zero-order chi connectivity index (χ0) is 15.4. The van der Waals surface area contributed by atoms with Gasteiger partial charge >= 0.3 is 0 Å². The maximum Gasteiger partial charge on any atom is 0.231 e. The molecule has 1 unspecified atom stereocenters. The van der Waals surface area contributed by atoms with Gasteiger partial charge in [0.25, 0.3) is 0 Å². The molecule has 4 nitrogen and oxygen atoms in total. The van der Waals surface area contributed by atoms with E-state index in [1.807, 2.05) is 48.5 Å². The number of aliphatic hydroxyl groups excluding tert-OH is 1. The minimum absolute atomic E-state index is 0.279. The third kappa shape index (κ3) is 3.34. The molecular weight excluding hydrogens is 278 g/mol. The number of ether oxygens (including phenoxy) is 2. The minimum atomic E-state index is -0.409. The first-order chi connectivity index (χ1) is 10.8. The topological polar surface area (TPSA) is 41.9 Å². The molecule has 3 rings (SSSR count). The lowest BCUT2D eigenvalue weighted by Gasteiger charge is -2.26. The third-order valence-electron chi connectivity index (χ3n) is 3.85. The van der Waals surface area contributed by atoms with Crippen molar-refractivity contribution >= 4 is 5.69 Å². The predicted molar refractivity (Wildman–Crippen MR) is 86.6 cm³/mol. The molecule has 22 heavy (non-hydrogen) atoms. The predicted octanol–water partition coefficient (Wildman–Crippen LogP) is 2.85. The highest BCUT2D eigenvalue weighted by atomic mass is 16.7. The average molecular weight is 299 g/mol. The van der Waals surface area contributed by atoms with Crippen molar-refractivity contribution in [3.63, 3.8) is 0 Å². The standard InChI is InChI=1S/C18H21NO3/c1-2-19(12-16(20)10-14-6-4-3-5-7-14)15-8-9-17-18(11-15)22-13-21-17/h3-9,11,16,20H,2,10,12-13H2,1H3. The van der Waals surface area contributed by atoms with E-state index < -0.39 is 6.10 Å². The monoisotopic (exact) mass is 299 g/mol. The molecule has 0 fully saturated rings. The molecule has 1 heterocycles. The van der Waals surface area contributed by atoms with Crippen molar-refractivity contribution in [1.29, 1.82) is 0 Å². The second kappa shape index (κ2) is 6.71. The maximum atomic E-state index is 10.4. The van der Waals surface area contributed by atoms with Gasteiger partial charge in [-0.05, 0) is 24.6 Å². The van der Waals surface area contributed by atoms with E-state index in [0.29, 0.717) is 13.0 Å². The lowest BCUT2D eigenvalue weighted by molar-refractivity contribution is 0.173. The Balaban J connectivity index is 1.66. The quantitative estimate of drug-likeness (QED) is 0.890. The molecule has 116 valence electrons. The summed E-state index contributed by atoms with van der Waals surface area (Å²) in [6, 6.07) is 16.0. The Morgan fingerprint density at radius 2 is 1.86 bits per heavy atom. The normalized spacial score (nSPS) is 13.9. The Kier molecular flexibility index (Phi) is 4.49. The van der Waals surface area contributed by atoms with Crippen molar-refractivity contribution in [1.82, 2.24) is 0 Å². The summed E-state index contributed by atoms with van der Waals surface area (Å²) < 4.78 is 10.8. The van der Waals surface area contributed by atoms with E-state index in [1.54, 1.807) is 0 Å². The number of hydrogen-bond donors (Lipinski definition) is 1. The van der Waals surface area contributed by atoms with Crippen molar-refractivity contribution in [2.75, 3.05) is 24.8 Å². The molecule has 0 amide bonds. The molecule has 1 aliphatic heterocycles. The molecule has 0 saturated carbocycles. The van der Waals surface area contributed by atoms with Crippen molar-refractivity contribution in [3.8, 4) is 11.5 Å². The number of nitrogens with zero attached hydrogens (tertiary/aromatic N) is 1. The van der Waals surface area contributed by atoms with Gasteiger partial charge in [-0.3, -0.25) is 0 Å². The lowest BCUT2D eigenvalue weighted by atomic mass is 10.1. The van der Waals surface area contributed by atoms with Crippen molar-refractivity contribution in [2.24, 2.45) is 0 Å². The van der Waals surface area contributed by atoms with E-state index in [9.17, 15) is 5.11 Å². The van der Waals surface area contributed by atoms with Gasteiger partial charge in [0.1, 0.15) is 0 Å². The van der Waals surface area contributed by atoms with Crippen LogP contribution in [0, 0.1) is 0 Å². The van der Waals surface area contributed by atoms with Crippen molar-refractivity contribution < 1.29 is 14.6 Å². The third-order valence-corrected chi connectivity index (χ3v) is 3.85. The zero-order valence-electron chi connectivity index (χ0n) is 12.7. The molecule has 0 aliphatic carbocycles. The Bertz CT molecular complexity index is 615. The highest BCUT2D eigenvalue weighted by Crippen LogP contribution is 2.35. The minimum Gasteiger partial charge on any atom is -0.454 e. The summed E-state index contributed by atoms with van der Waals surface area (Å²) in [6.07, 6.45) is 0.245. The molecule has 0 saturated heterocycles. The number of benzene rings is 2. The summed E-state index contributed by atoms with van der Waals surface area (Å²) in [5.74, 6) is 1.55. The maximum absolute atomic E-state index is 10.4. The van der Waals surface area contributed by atoms with Crippen molar-refractivity contribution in [3.05, 3.63) is 54.1 Å². The van der Waals surface area contributed by atoms with Gasteiger partial charge in [-0.25, -0.2) is 0 Å². The Labute approximate surface area is 130 Å². The molecule has 0 radical (unpaired) electrons. The molecule has 2 aromatic carbocycles. The largest absolute Gasteiger partial charge is 0.454 e. The summed E-state index contributed by atoms with van der Waals surface area (Å²) >= 11 is 0. The first-order valence-corrected chi connectivity index (χ1v) is 7.63. The van der Waals surface area contributed by atoms with Crippen LogP contribution in [0.4, 0.5) is 5.69 Å². The van der Waals surface area contributed by atoms with E-state index in [0.717, 1.165) is 29.3 Å². The van der Waals surface area contributed by atoms with Gasteiger partial charge in [0.2, 0.25) is 6.79 Å². The van der Waals surface area contributed by atoms with Gasteiger partial charge < -0.3 is 19.5 Å². The summed E-state index contributed by atoms with van der Waals surface area (Å²) in [7, 11) is 0. The molecule has 1 aliphatic rings. The fraction of sp³-hybridized carbons (Fsp3) is 0.333. The molecular formula is C18H21NO3. The lowest BCUT2D eigenvalue weighted by Crippen LogP contribution is -2.33. The summed E-state index contributed by atoms with van der Waals surface area (Å²) in [5.41, 5.74) is 2.19. The van der Waals surface area contributed by atoms with Gasteiger partial charge in [-0.2, -0.15) is 0 Å². The molecule has 1 N–H and O–H groups in total. The molecule has 2 aromatic rings. The van der Waals surface area contributed by atoms with E-state index >= 15 is 0 Å². The SMILES string of the molecule is CCN(CC(O)Cc1ccccc1)c1ccc2c(c1)OCO2. The van der Waals surface area contributed by atoms with E-state index in [-0.39, 0.29) is 6.79 Å².